The van der Waals surface area contributed by atoms with Gasteiger partial charge < -0.3 is 9.47 Å². The Morgan fingerprint density at radius 1 is 1.00 bits per heavy atom. The van der Waals surface area contributed by atoms with Crippen molar-refractivity contribution in [1.29, 1.82) is 0 Å². The first-order valence-electron chi connectivity index (χ1n) is 3.15. The van der Waals surface area contributed by atoms with Crippen LogP contribution in [0.25, 0.3) is 0 Å². The molecule has 0 aliphatic heterocycles. The van der Waals surface area contributed by atoms with Gasteiger partial charge in [0.1, 0.15) is 11.5 Å². The number of benzene rings is 1. The van der Waals surface area contributed by atoms with Crippen LogP contribution < -0.4 is 9.47 Å². The molecule has 0 radical (unpaired) electrons. The first kappa shape index (κ1) is 11.2. The maximum atomic E-state index is 5.75. The Morgan fingerprint density at radius 2 is 1.42 bits per heavy atom. The van der Waals surface area contributed by atoms with Crippen LogP contribution in [0.5, 0.6) is 11.5 Å². The Balaban J connectivity index is 0.00000121. The highest BCUT2D eigenvalue weighted by Gasteiger charge is 1.97. The first-order chi connectivity index (χ1) is 5.26. The Hall–Kier alpha value is -0.825. The summed E-state index contributed by atoms with van der Waals surface area (Å²) in [7, 11) is 3.18. The molecule has 66 valence electrons. The number of hydrogen-bond donors (Lipinski definition) is 0. The minimum absolute atomic E-state index is 0. The van der Waals surface area contributed by atoms with Gasteiger partial charge in [-0.2, -0.15) is 0 Å². The van der Waals surface area contributed by atoms with E-state index < -0.39 is 0 Å². The topological polar surface area (TPSA) is 18.5 Å². The highest BCUT2D eigenvalue weighted by atomic mass is 35.5. The quantitative estimate of drug-likeness (QED) is 0.646. The lowest BCUT2D eigenvalue weighted by Gasteiger charge is -2.03. The van der Waals surface area contributed by atoms with Crippen molar-refractivity contribution in [1.82, 2.24) is 0 Å². The molecular formula is C8H12BClO2. The van der Waals surface area contributed by atoms with Crippen LogP contribution in [-0.4, -0.2) is 22.6 Å². The summed E-state index contributed by atoms with van der Waals surface area (Å²) in [4.78, 5) is 0. The lowest BCUT2D eigenvalue weighted by molar-refractivity contribution is 0.394. The summed E-state index contributed by atoms with van der Waals surface area (Å²) in [5.74, 6) is 1.41. The van der Waals surface area contributed by atoms with Crippen molar-refractivity contribution >= 4 is 20.0 Å². The molecule has 0 spiro atoms. The molecule has 1 rings (SSSR count). The summed E-state index contributed by atoms with van der Waals surface area (Å²) in [5, 5.41) is 0.612. The van der Waals surface area contributed by atoms with E-state index in [0.29, 0.717) is 16.5 Å². The summed E-state index contributed by atoms with van der Waals surface area (Å²) in [6.45, 7) is 0. The second kappa shape index (κ2) is 4.93. The number of hydrogen-bond acceptors (Lipinski definition) is 2. The van der Waals surface area contributed by atoms with Gasteiger partial charge in [0.05, 0.1) is 22.6 Å². The molecule has 0 aromatic heterocycles. The second-order valence-electron chi connectivity index (χ2n) is 2.03. The van der Waals surface area contributed by atoms with Gasteiger partial charge in [0.15, 0.2) is 0 Å². The van der Waals surface area contributed by atoms with Crippen molar-refractivity contribution in [3.8, 4) is 11.5 Å². The van der Waals surface area contributed by atoms with E-state index in [0.717, 1.165) is 0 Å². The molecule has 1 aromatic rings. The second-order valence-corrected chi connectivity index (χ2v) is 2.47. The molecule has 0 amide bonds. The van der Waals surface area contributed by atoms with E-state index in [9.17, 15) is 0 Å². The molecular weight excluding hydrogens is 174 g/mol. The molecule has 1 aromatic carbocycles. The predicted molar refractivity (Wildman–Crippen MR) is 54.5 cm³/mol. The smallest absolute Gasteiger partial charge is 0.124 e. The van der Waals surface area contributed by atoms with Crippen LogP contribution in [0.3, 0.4) is 0 Å². The Kier molecular flexibility index (Phi) is 4.60. The first-order valence-corrected chi connectivity index (χ1v) is 3.52. The van der Waals surface area contributed by atoms with Gasteiger partial charge in [-0.15, -0.1) is 0 Å². The third-order valence-corrected chi connectivity index (χ3v) is 1.53. The molecule has 4 heteroatoms. The average molecular weight is 186 g/mol. The molecule has 0 N–H and O–H groups in total. The maximum absolute atomic E-state index is 5.75. The van der Waals surface area contributed by atoms with Crippen LogP contribution in [-0.2, 0) is 0 Å². The summed E-state index contributed by atoms with van der Waals surface area (Å²) in [6.07, 6.45) is 0. The van der Waals surface area contributed by atoms with E-state index in [1.807, 2.05) is 0 Å². The van der Waals surface area contributed by atoms with Gasteiger partial charge in [-0.05, 0) is 12.1 Å². The zero-order valence-electron chi connectivity index (χ0n) is 6.43. The third-order valence-electron chi connectivity index (χ3n) is 1.32. The molecule has 0 saturated carbocycles. The van der Waals surface area contributed by atoms with E-state index in [1.54, 1.807) is 32.4 Å². The fraction of sp³-hybridized carbons (Fsp3) is 0.250. The van der Waals surface area contributed by atoms with Crippen LogP contribution in [0.4, 0.5) is 0 Å². The van der Waals surface area contributed by atoms with E-state index >= 15 is 0 Å². The number of ether oxygens (including phenoxy) is 2. The van der Waals surface area contributed by atoms with E-state index in [1.165, 1.54) is 0 Å². The van der Waals surface area contributed by atoms with Crippen molar-refractivity contribution in [3.05, 3.63) is 23.2 Å². The summed E-state index contributed by atoms with van der Waals surface area (Å²) in [6, 6.07) is 5.22. The monoisotopic (exact) mass is 186 g/mol. The normalized spacial score (nSPS) is 8.58. The van der Waals surface area contributed by atoms with Crippen LogP contribution in [0.1, 0.15) is 0 Å². The summed E-state index contributed by atoms with van der Waals surface area (Å²) >= 11 is 5.75. The van der Waals surface area contributed by atoms with Gasteiger partial charge in [0.25, 0.3) is 0 Å². The Bertz CT molecular complexity index is 231. The highest BCUT2D eigenvalue weighted by Crippen LogP contribution is 2.25. The predicted octanol–water partition coefficient (Wildman–Crippen LogP) is 1.17. The molecule has 0 saturated heterocycles. The van der Waals surface area contributed by atoms with Crippen molar-refractivity contribution in [2.24, 2.45) is 0 Å². The van der Waals surface area contributed by atoms with Crippen LogP contribution >= 0.6 is 11.6 Å². The fourth-order valence-corrected chi connectivity index (χ4v) is 0.988. The number of halogens is 1. The van der Waals surface area contributed by atoms with Crippen molar-refractivity contribution in [3.63, 3.8) is 0 Å². The largest absolute Gasteiger partial charge is 0.497 e. The van der Waals surface area contributed by atoms with Gasteiger partial charge in [-0.25, -0.2) is 0 Å². The Morgan fingerprint density at radius 3 is 1.75 bits per heavy atom. The maximum Gasteiger partial charge on any atom is 0.124 e. The van der Waals surface area contributed by atoms with Gasteiger partial charge in [0, 0.05) is 11.1 Å². The van der Waals surface area contributed by atoms with Gasteiger partial charge in [-0.1, -0.05) is 11.6 Å². The van der Waals surface area contributed by atoms with Gasteiger partial charge >= 0.3 is 0 Å². The molecule has 0 heterocycles. The van der Waals surface area contributed by atoms with Crippen LogP contribution in [0, 0.1) is 0 Å². The van der Waals surface area contributed by atoms with Crippen LogP contribution in [0.15, 0.2) is 18.2 Å². The number of rotatable bonds is 2. The standard InChI is InChI=1S/C8H9ClO2.BH3/c1-10-7-3-6(9)4-8(5-7)11-2;/h3-5H,1-2H3;1H3. The van der Waals surface area contributed by atoms with Gasteiger partial charge in [-0.3, -0.25) is 0 Å². The SMILES string of the molecule is B.COc1cc(Cl)cc(OC)c1. The van der Waals surface area contributed by atoms with E-state index in [2.05, 4.69) is 0 Å². The number of methoxy groups -OCH3 is 2. The molecule has 0 aliphatic carbocycles. The lowest BCUT2D eigenvalue weighted by Crippen LogP contribution is -1.86. The lowest BCUT2D eigenvalue weighted by atomic mass is 10.3. The van der Waals surface area contributed by atoms with Crippen molar-refractivity contribution < 1.29 is 9.47 Å². The molecule has 2 nitrogen and oxygen atoms in total. The summed E-state index contributed by atoms with van der Waals surface area (Å²) < 4.78 is 9.95. The zero-order valence-corrected chi connectivity index (χ0v) is 7.18. The van der Waals surface area contributed by atoms with Crippen molar-refractivity contribution in [2.75, 3.05) is 14.2 Å². The molecule has 0 atom stereocenters. The van der Waals surface area contributed by atoms with Gasteiger partial charge in [0.2, 0.25) is 0 Å². The van der Waals surface area contributed by atoms with E-state index in [-0.39, 0.29) is 8.41 Å². The molecule has 0 unspecified atom stereocenters. The van der Waals surface area contributed by atoms with Crippen LogP contribution in [0.2, 0.25) is 5.02 Å². The minimum Gasteiger partial charge on any atom is -0.497 e. The van der Waals surface area contributed by atoms with E-state index in [4.69, 9.17) is 21.1 Å². The molecule has 0 bridgehead atoms. The fourth-order valence-electron chi connectivity index (χ4n) is 0.773. The molecule has 12 heavy (non-hydrogen) atoms. The third kappa shape index (κ3) is 2.66. The van der Waals surface area contributed by atoms with Crippen molar-refractivity contribution in [2.45, 2.75) is 0 Å². The average Bonchev–Trinajstić information content (AvgIpc) is 2.03. The zero-order chi connectivity index (χ0) is 8.27. The highest BCUT2D eigenvalue weighted by molar-refractivity contribution is 6.30. The summed E-state index contributed by atoms with van der Waals surface area (Å²) in [5.41, 5.74) is 0. The molecule has 0 aliphatic rings. The molecule has 0 fully saturated rings. The minimum atomic E-state index is 0. The Labute approximate surface area is 79.0 Å².